The van der Waals surface area contributed by atoms with Gasteiger partial charge in [0, 0.05) is 20.4 Å². The second-order valence-electron chi connectivity index (χ2n) is 4.07. The monoisotopic (exact) mass is 260 g/mol. The van der Waals surface area contributed by atoms with E-state index in [4.69, 9.17) is 9.47 Å². The van der Waals surface area contributed by atoms with Crippen LogP contribution >= 0.6 is 0 Å². The molecule has 2 rings (SSSR count). The third kappa shape index (κ3) is 3.20. The third-order valence-electron chi connectivity index (χ3n) is 2.64. The molecule has 100 valence electrons. The molecule has 0 aliphatic heterocycles. The van der Waals surface area contributed by atoms with E-state index in [-0.39, 0.29) is 5.78 Å². The molecule has 0 saturated carbocycles. The average Bonchev–Trinajstić information content (AvgIpc) is 2.85. The van der Waals surface area contributed by atoms with Gasteiger partial charge in [0.1, 0.15) is 12.4 Å². The molecule has 1 heterocycles. The van der Waals surface area contributed by atoms with Crippen LogP contribution in [0.5, 0.6) is 5.75 Å². The molecule has 0 atom stereocenters. The minimum absolute atomic E-state index is 0.0962. The largest absolute Gasteiger partial charge is 0.490 e. The number of carbonyl (C=O) groups excluding carboxylic acids is 1. The van der Waals surface area contributed by atoms with Crippen LogP contribution in [0.4, 0.5) is 0 Å². The van der Waals surface area contributed by atoms with Gasteiger partial charge in [-0.05, 0) is 12.1 Å². The normalized spacial score (nSPS) is 10.4. The molecule has 19 heavy (non-hydrogen) atoms. The Labute approximate surface area is 111 Å². The highest BCUT2D eigenvalue weighted by Gasteiger charge is 2.15. The number of ether oxygens (including phenoxy) is 2. The van der Waals surface area contributed by atoms with E-state index < -0.39 is 0 Å². The first kappa shape index (κ1) is 13.3. The van der Waals surface area contributed by atoms with Gasteiger partial charge in [-0.3, -0.25) is 9.48 Å². The van der Waals surface area contributed by atoms with Crippen LogP contribution in [-0.4, -0.2) is 35.9 Å². The summed E-state index contributed by atoms with van der Waals surface area (Å²) < 4.78 is 12.1. The number of hydrogen-bond acceptors (Lipinski definition) is 4. The van der Waals surface area contributed by atoms with Crippen LogP contribution in [0, 0.1) is 0 Å². The van der Waals surface area contributed by atoms with E-state index in [1.165, 1.54) is 0 Å². The Bertz CT molecular complexity index is 563. The molecule has 0 aliphatic rings. The number of para-hydroxylation sites is 1. The molecular weight excluding hydrogens is 244 g/mol. The van der Waals surface area contributed by atoms with Gasteiger partial charge >= 0.3 is 0 Å². The van der Waals surface area contributed by atoms with Crippen molar-refractivity contribution in [2.75, 3.05) is 20.3 Å². The minimum atomic E-state index is -0.0962. The van der Waals surface area contributed by atoms with E-state index in [2.05, 4.69) is 5.10 Å². The summed E-state index contributed by atoms with van der Waals surface area (Å²) in [5.74, 6) is 0.467. The Morgan fingerprint density at radius 2 is 2.11 bits per heavy atom. The molecule has 1 aromatic heterocycles. The number of aromatic nitrogens is 2. The summed E-state index contributed by atoms with van der Waals surface area (Å²) in [5.41, 5.74) is 1.08. The number of methoxy groups -OCH3 is 1. The molecule has 5 nitrogen and oxygen atoms in total. The number of ketones is 1. The summed E-state index contributed by atoms with van der Waals surface area (Å²) >= 11 is 0. The van der Waals surface area contributed by atoms with E-state index >= 15 is 0 Å². The fraction of sp³-hybridized carbons (Fsp3) is 0.286. The zero-order valence-electron chi connectivity index (χ0n) is 11.0. The Hall–Kier alpha value is -2.14. The zero-order valence-corrected chi connectivity index (χ0v) is 11.0. The lowest BCUT2D eigenvalue weighted by Gasteiger charge is -2.09. The second-order valence-corrected chi connectivity index (χ2v) is 4.07. The van der Waals surface area contributed by atoms with Crippen molar-refractivity contribution in [3.8, 4) is 5.75 Å². The van der Waals surface area contributed by atoms with Crippen LogP contribution < -0.4 is 4.74 Å². The van der Waals surface area contributed by atoms with Crippen LogP contribution in [0.15, 0.2) is 36.7 Å². The zero-order chi connectivity index (χ0) is 13.7. The van der Waals surface area contributed by atoms with Gasteiger partial charge < -0.3 is 9.47 Å². The Morgan fingerprint density at radius 3 is 2.79 bits per heavy atom. The van der Waals surface area contributed by atoms with Crippen LogP contribution in [-0.2, 0) is 11.8 Å². The number of carbonyl (C=O) groups is 1. The quantitative estimate of drug-likeness (QED) is 0.585. The average molecular weight is 260 g/mol. The van der Waals surface area contributed by atoms with Gasteiger partial charge in [0.2, 0.25) is 0 Å². The fourth-order valence-electron chi connectivity index (χ4n) is 1.71. The van der Waals surface area contributed by atoms with Crippen molar-refractivity contribution >= 4 is 5.78 Å². The summed E-state index contributed by atoms with van der Waals surface area (Å²) in [7, 11) is 3.38. The molecule has 0 radical (unpaired) electrons. The standard InChI is InChI=1S/C14H16N2O3/c1-16-10-11(9-15-16)14(17)12-5-3-4-6-13(12)19-8-7-18-2/h3-6,9-10H,7-8H2,1-2H3. The number of benzene rings is 1. The van der Waals surface area contributed by atoms with Crippen molar-refractivity contribution in [3.05, 3.63) is 47.8 Å². The van der Waals surface area contributed by atoms with Crippen LogP contribution in [0.2, 0.25) is 0 Å². The predicted molar refractivity (Wildman–Crippen MR) is 70.5 cm³/mol. The summed E-state index contributed by atoms with van der Waals surface area (Å²) in [5, 5.41) is 4.00. The molecule has 0 aliphatic carbocycles. The summed E-state index contributed by atoms with van der Waals surface area (Å²) in [4.78, 5) is 12.3. The van der Waals surface area contributed by atoms with Crippen LogP contribution in [0.3, 0.4) is 0 Å². The van der Waals surface area contributed by atoms with Gasteiger partial charge in [-0.25, -0.2) is 0 Å². The Morgan fingerprint density at radius 1 is 1.32 bits per heavy atom. The summed E-state index contributed by atoms with van der Waals surface area (Å²) in [6.07, 6.45) is 3.24. The first-order chi connectivity index (χ1) is 9.22. The number of aryl methyl sites for hydroxylation is 1. The third-order valence-corrected chi connectivity index (χ3v) is 2.64. The van der Waals surface area contributed by atoms with Crippen LogP contribution in [0.25, 0.3) is 0 Å². The SMILES string of the molecule is COCCOc1ccccc1C(=O)c1cnn(C)c1. The van der Waals surface area contributed by atoms with Crippen molar-refractivity contribution in [2.45, 2.75) is 0 Å². The van der Waals surface area contributed by atoms with Crippen LogP contribution in [0.1, 0.15) is 15.9 Å². The molecule has 2 aromatic rings. The maximum absolute atomic E-state index is 12.3. The van der Waals surface area contributed by atoms with Gasteiger partial charge in [-0.2, -0.15) is 5.10 Å². The first-order valence-electron chi connectivity index (χ1n) is 5.96. The maximum Gasteiger partial charge on any atom is 0.199 e. The molecule has 0 amide bonds. The molecule has 0 bridgehead atoms. The van der Waals surface area contributed by atoms with Crippen molar-refractivity contribution < 1.29 is 14.3 Å². The number of rotatable bonds is 6. The van der Waals surface area contributed by atoms with Gasteiger partial charge in [0.25, 0.3) is 0 Å². The minimum Gasteiger partial charge on any atom is -0.490 e. The second kappa shape index (κ2) is 6.15. The van der Waals surface area contributed by atoms with E-state index in [0.717, 1.165) is 0 Å². The first-order valence-corrected chi connectivity index (χ1v) is 5.96. The van der Waals surface area contributed by atoms with Crippen molar-refractivity contribution in [2.24, 2.45) is 7.05 Å². The summed E-state index contributed by atoms with van der Waals surface area (Å²) in [6.45, 7) is 0.892. The number of nitrogens with zero attached hydrogens (tertiary/aromatic N) is 2. The lowest BCUT2D eigenvalue weighted by atomic mass is 10.1. The molecule has 0 fully saturated rings. The Balaban J connectivity index is 2.21. The topological polar surface area (TPSA) is 53.4 Å². The van der Waals surface area contributed by atoms with Gasteiger partial charge in [-0.15, -0.1) is 0 Å². The smallest absolute Gasteiger partial charge is 0.199 e. The van der Waals surface area contributed by atoms with Crippen molar-refractivity contribution in [1.82, 2.24) is 9.78 Å². The highest BCUT2D eigenvalue weighted by molar-refractivity contribution is 6.10. The molecule has 5 heteroatoms. The number of hydrogen-bond donors (Lipinski definition) is 0. The summed E-state index contributed by atoms with van der Waals surface area (Å²) in [6, 6.07) is 7.17. The van der Waals surface area contributed by atoms with Crippen molar-refractivity contribution in [1.29, 1.82) is 0 Å². The molecule has 0 N–H and O–H groups in total. The van der Waals surface area contributed by atoms with Crippen molar-refractivity contribution in [3.63, 3.8) is 0 Å². The molecular formula is C14H16N2O3. The maximum atomic E-state index is 12.3. The Kier molecular flexibility index (Phi) is 4.30. The highest BCUT2D eigenvalue weighted by Crippen LogP contribution is 2.21. The van der Waals surface area contributed by atoms with E-state index in [9.17, 15) is 4.79 Å². The molecule has 1 aromatic carbocycles. The molecule has 0 saturated heterocycles. The van der Waals surface area contributed by atoms with Gasteiger partial charge in [0.15, 0.2) is 5.78 Å². The van der Waals surface area contributed by atoms with E-state index in [1.54, 1.807) is 43.4 Å². The lowest BCUT2D eigenvalue weighted by molar-refractivity contribution is 0.103. The van der Waals surface area contributed by atoms with Gasteiger partial charge in [-0.1, -0.05) is 12.1 Å². The molecule has 0 unspecified atom stereocenters. The molecule has 0 spiro atoms. The van der Waals surface area contributed by atoms with E-state index in [1.807, 2.05) is 12.1 Å². The lowest BCUT2D eigenvalue weighted by Crippen LogP contribution is -2.09. The van der Waals surface area contributed by atoms with Gasteiger partial charge in [0.05, 0.1) is 23.9 Å². The fourth-order valence-corrected chi connectivity index (χ4v) is 1.71. The highest BCUT2D eigenvalue weighted by atomic mass is 16.5. The predicted octanol–water partition coefficient (Wildman–Crippen LogP) is 1.68. The van der Waals surface area contributed by atoms with E-state index in [0.29, 0.717) is 30.1 Å².